The highest BCUT2D eigenvalue weighted by atomic mass is 16.5. The van der Waals surface area contributed by atoms with E-state index in [9.17, 15) is 4.79 Å². The average Bonchev–Trinajstić information content (AvgIpc) is 3.14. The van der Waals surface area contributed by atoms with Crippen LogP contribution in [0.25, 0.3) is 27.9 Å². The van der Waals surface area contributed by atoms with Gasteiger partial charge >= 0.3 is 5.69 Å². The van der Waals surface area contributed by atoms with Crippen molar-refractivity contribution < 1.29 is 4.74 Å². The molecule has 0 aliphatic heterocycles. The van der Waals surface area contributed by atoms with Crippen molar-refractivity contribution in [2.75, 3.05) is 7.11 Å². The molecule has 0 aliphatic rings. The summed E-state index contributed by atoms with van der Waals surface area (Å²) >= 11 is 0. The van der Waals surface area contributed by atoms with Crippen LogP contribution in [0.4, 0.5) is 0 Å². The van der Waals surface area contributed by atoms with Gasteiger partial charge in [0, 0.05) is 18.0 Å². The van der Waals surface area contributed by atoms with Gasteiger partial charge in [-0.15, -0.1) is 0 Å². The minimum absolute atomic E-state index is 0.278. The molecule has 6 heteroatoms. The number of H-pyrrole nitrogens is 1. The molecule has 0 fully saturated rings. The van der Waals surface area contributed by atoms with Crippen molar-refractivity contribution in [3.63, 3.8) is 0 Å². The number of aromatic amines is 1. The van der Waals surface area contributed by atoms with E-state index in [1.165, 1.54) is 11.0 Å². The third-order valence-electron chi connectivity index (χ3n) is 4.17. The van der Waals surface area contributed by atoms with Gasteiger partial charge in [-0.25, -0.2) is 4.79 Å². The number of nitrogens with zero attached hydrogens (tertiary/aromatic N) is 3. The van der Waals surface area contributed by atoms with Crippen LogP contribution in [0.15, 0.2) is 78.1 Å². The summed E-state index contributed by atoms with van der Waals surface area (Å²) in [5, 5.41) is 4.04. The molecular formula is C20H16N4O2. The van der Waals surface area contributed by atoms with Crippen LogP contribution in [-0.2, 0) is 0 Å². The normalized spacial score (nSPS) is 10.7. The molecule has 2 aromatic heterocycles. The highest BCUT2D eigenvalue weighted by Gasteiger charge is 2.10. The minimum atomic E-state index is -0.278. The molecule has 2 aromatic carbocycles. The van der Waals surface area contributed by atoms with E-state index in [0.29, 0.717) is 5.69 Å². The Labute approximate surface area is 149 Å². The number of pyridine rings is 1. The van der Waals surface area contributed by atoms with Crippen molar-refractivity contribution in [2.45, 2.75) is 0 Å². The van der Waals surface area contributed by atoms with Crippen molar-refractivity contribution in [3.8, 4) is 33.7 Å². The zero-order valence-corrected chi connectivity index (χ0v) is 14.1. The van der Waals surface area contributed by atoms with Gasteiger partial charge in [0.15, 0.2) is 0 Å². The summed E-state index contributed by atoms with van der Waals surface area (Å²) in [4.78, 5) is 18.5. The third kappa shape index (κ3) is 2.88. The molecule has 0 atom stereocenters. The van der Waals surface area contributed by atoms with Gasteiger partial charge < -0.3 is 4.74 Å². The van der Waals surface area contributed by atoms with E-state index in [1.54, 1.807) is 19.5 Å². The molecule has 26 heavy (non-hydrogen) atoms. The second-order valence-electron chi connectivity index (χ2n) is 5.71. The van der Waals surface area contributed by atoms with E-state index in [-0.39, 0.29) is 5.69 Å². The smallest absolute Gasteiger partial charge is 0.347 e. The van der Waals surface area contributed by atoms with Crippen LogP contribution in [0.1, 0.15) is 0 Å². The number of nitrogens with one attached hydrogen (secondary N) is 1. The lowest BCUT2D eigenvalue weighted by atomic mass is 9.98. The standard InChI is InChI=1S/C20H16N4O2/c1-26-19-6-5-15(14-7-9-21-10-8-14)12-18(19)16-3-2-4-17(11-16)24-20(25)22-13-23-24/h2-13H,1H3,(H,22,23,25). The van der Waals surface area contributed by atoms with E-state index in [4.69, 9.17) is 4.74 Å². The quantitative estimate of drug-likeness (QED) is 0.616. The Morgan fingerprint density at radius 1 is 0.962 bits per heavy atom. The number of rotatable bonds is 4. The van der Waals surface area contributed by atoms with Crippen LogP contribution >= 0.6 is 0 Å². The lowest BCUT2D eigenvalue weighted by Gasteiger charge is -2.12. The van der Waals surface area contributed by atoms with Crippen LogP contribution in [0.3, 0.4) is 0 Å². The maximum Gasteiger partial charge on any atom is 0.347 e. The summed E-state index contributed by atoms with van der Waals surface area (Å²) in [5.74, 6) is 0.759. The first-order valence-corrected chi connectivity index (χ1v) is 8.08. The topological polar surface area (TPSA) is 72.8 Å². The van der Waals surface area contributed by atoms with Crippen LogP contribution in [0, 0.1) is 0 Å². The summed E-state index contributed by atoms with van der Waals surface area (Å²) in [7, 11) is 1.65. The molecule has 0 bridgehead atoms. The number of methoxy groups -OCH3 is 1. The first-order valence-electron chi connectivity index (χ1n) is 8.08. The Morgan fingerprint density at radius 3 is 2.54 bits per heavy atom. The van der Waals surface area contributed by atoms with Crippen LogP contribution < -0.4 is 10.4 Å². The van der Waals surface area contributed by atoms with E-state index in [1.807, 2.05) is 48.5 Å². The lowest BCUT2D eigenvalue weighted by molar-refractivity contribution is 0.416. The van der Waals surface area contributed by atoms with Gasteiger partial charge in [0.25, 0.3) is 0 Å². The zero-order chi connectivity index (χ0) is 17.9. The summed E-state index contributed by atoms with van der Waals surface area (Å²) in [6.45, 7) is 0. The Morgan fingerprint density at radius 2 is 1.81 bits per heavy atom. The molecule has 128 valence electrons. The van der Waals surface area contributed by atoms with E-state index in [2.05, 4.69) is 21.1 Å². The highest BCUT2D eigenvalue weighted by molar-refractivity contribution is 5.78. The Kier molecular flexibility index (Phi) is 4.07. The summed E-state index contributed by atoms with van der Waals surface area (Å²) in [5.41, 5.74) is 4.41. The molecule has 0 aliphatic carbocycles. The fourth-order valence-corrected chi connectivity index (χ4v) is 2.90. The molecule has 0 amide bonds. The monoisotopic (exact) mass is 344 g/mol. The molecule has 0 unspecified atom stereocenters. The van der Waals surface area contributed by atoms with Crippen molar-refractivity contribution >= 4 is 0 Å². The fraction of sp³-hybridized carbons (Fsp3) is 0.0500. The van der Waals surface area contributed by atoms with Gasteiger partial charge in [0.2, 0.25) is 0 Å². The molecule has 6 nitrogen and oxygen atoms in total. The van der Waals surface area contributed by atoms with Crippen molar-refractivity contribution in [1.82, 2.24) is 19.7 Å². The van der Waals surface area contributed by atoms with Crippen LogP contribution in [-0.4, -0.2) is 26.9 Å². The molecule has 1 N–H and O–H groups in total. The SMILES string of the molecule is COc1ccc(-c2ccncc2)cc1-c1cccc(-n2nc[nH]c2=O)c1. The number of aromatic nitrogens is 4. The zero-order valence-electron chi connectivity index (χ0n) is 14.1. The van der Waals surface area contributed by atoms with Gasteiger partial charge in [-0.2, -0.15) is 9.78 Å². The van der Waals surface area contributed by atoms with Crippen molar-refractivity contribution in [1.29, 1.82) is 0 Å². The van der Waals surface area contributed by atoms with Gasteiger partial charge in [0.05, 0.1) is 12.8 Å². The molecule has 4 rings (SSSR count). The number of hydrogen-bond acceptors (Lipinski definition) is 4. The fourth-order valence-electron chi connectivity index (χ4n) is 2.90. The largest absolute Gasteiger partial charge is 0.496 e. The van der Waals surface area contributed by atoms with E-state index < -0.39 is 0 Å². The van der Waals surface area contributed by atoms with Gasteiger partial charge in [-0.05, 0) is 53.1 Å². The Hall–Kier alpha value is -3.67. The molecule has 0 saturated heterocycles. The summed E-state index contributed by atoms with van der Waals surface area (Å²) in [6.07, 6.45) is 4.91. The van der Waals surface area contributed by atoms with Gasteiger partial charge in [0.1, 0.15) is 12.1 Å². The minimum Gasteiger partial charge on any atom is -0.496 e. The molecule has 4 aromatic rings. The number of ether oxygens (including phenoxy) is 1. The Balaban J connectivity index is 1.85. The molecule has 2 heterocycles. The lowest BCUT2D eigenvalue weighted by Crippen LogP contribution is -2.15. The maximum absolute atomic E-state index is 11.8. The molecule has 0 spiro atoms. The second kappa shape index (κ2) is 6.68. The summed E-state index contributed by atoms with van der Waals surface area (Å²) in [6, 6.07) is 17.6. The van der Waals surface area contributed by atoms with Crippen LogP contribution in [0.2, 0.25) is 0 Å². The molecule has 0 radical (unpaired) electrons. The first-order chi connectivity index (χ1) is 12.8. The van der Waals surface area contributed by atoms with E-state index >= 15 is 0 Å². The van der Waals surface area contributed by atoms with Crippen LogP contribution in [0.5, 0.6) is 5.75 Å². The second-order valence-corrected chi connectivity index (χ2v) is 5.71. The molecular weight excluding hydrogens is 328 g/mol. The first kappa shape index (κ1) is 15.8. The van der Waals surface area contributed by atoms with E-state index in [0.717, 1.165) is 28.0 Å². The predicted molar refractivity (Wildman–Crippen MR) is 99.4 cm³/mol. The Bertz CT molecular complexity index is 1100. The van der Waals surface area contributed by atoms with Crippen molar-refractivity contribution in [3.05, 3.63) is 83.8 Å². The average molecular weight is 344 g/mol. The summed E-state index contributed by atoms with van der Waals surface area (Å²) < 4.78 is 6.86. The van der Waals surface area contributed by atoms with Gasteiger partial charge in [-0.1, -0.05) is 18.2 Å². The predicted octanol–water partition coefficient (Wildman–Crippen LogP) is 3.30. The maximum atomic E-state index is 11.8. The van der Waals surface area contributed by atoms with Crippen molar-refractivity contribution in [2.24, 2.45) is 0 Å². The molecule has 0 saturated carbocycles. The number of hydrogen-bond donors (Lipinski definition) is 1. The number of benzene rings is 2. The third-order valence-corrected chi connectivity index (χ3v) is 4.17. The van der Waals surface area contributed by atoms with Gasteiger partial charge in [-0.3, -0.25) is 9.97 Å². The highest BCUT2D eigenvalue weighted by Crippen LogP contribution is 2.34.